The number of rotatable bonds is 16. The average molecular weight is 929 g/mol. The van der Waals surface area contributed by atoms with Crippen LogP contribution in [0.5, 0.6) is 0 Å². The summed E-state index contributed by atoms with van der Waals surface area (Å²) < 4.78 is 54.6. The van der Waals surface area contributed by atoms with Crippen molar-refractivity contribution in [1.82, 2.24) is 40.2 Å². The third-order valence-electron chi connectivity index (χ3n) is 10.6. The van der Waals surface area contributed by atoms with Crippen molar-refractivity contribution in [2.45, 2.75) is 44.1 Å². The molecule has 20 heteroatoms. The van der Waals surface area contributed by atoms with Crippen LogP contribution in [-0.2, 0) is 27.2 Å². The van der Waals surface area contributed by atoms with Crippen LogP contribution in [-0.4, -0.2) is 82.2 Å². The molecule has 8 rings (SSSR count). The van der Waals surface area contributed by atoms with Crippen LogP contribution in [0.15, 0.2) is 146 Å². The first-order valence-electron chi connectivity index (χ1n) is 20.6. The molecule has 4 heterocycles. The van der Waals surface area contributed by atoms with Gasteiger partial charge in [-0.05, 0) is 40.5 Å². The summed E-state index contributed by atoms with van der Waals surface area (Å²) >= 11 is 0. The molecular formula is C48H40F4N10O6. The highest BCUT2D eigenvalue weighted by Gasteiger charge is 2.31. The van der Waals surface area contributed by atoms with Gasteiger partial charge in [0.05, 0.1) is 28.6 Å². The highest BCUT2D eigenvalue weighted by molar-refractivity contribution is 6.38. The summed E-state index contributed by atoms with van der Waals surface area (Å²) in [6.07, 6.45) is 3.14. The molecule has 0 aliphatic carbocycles. The van der Waals surface area contributed by atoms with Crippen molar-refractivity contribution in [3.8, 4) is 22.8 Å². The Morgan fingerprint density at radius 2 is 0.985 bits per heavy atom. The molecule has 346 valence electrons. The largest absolute Gasteiger partial charge is 0.381 e. The maximum absolute atomic E-state index is 13.5. The van der Waals surface area contributed by atoms with Crippen molar-refractivity contribution in [2.24, 2.45) is 11.5 Å². The van der Waals surface area contributed by atoms with Crippen LogP contribution < -0.4 is 22.1 Å². The molecule has 0 saturated carbocycles. The van der Waals surface area contributed by atoms with E-state index in [4.69, 9.17) is 11.5 Å². The lowest BCUT2D eigenvalue weighted by Crippen LogP contribution is -2.50. The van der Waals surface area contributed by atoms with Crippen molar-refractivity contribution < 1.29 is 46.6 Å². The molecule has 0 saturated heterocycles. The number of nitrogens with one attached hydrogen (secondary N) is 2. The maximum Gasteiger partial charge on any atom is 0.333 e. The zero-order valence-corrected chi connectivity index (χ0v) is 35.5. The first kappa shape index (κ1) is 47.3. The van der Waals surface area contributed by atoms with Crippen LogP contribution in [0.2, 0.25) is 0 Å². The number of alkyl halides is 4. The number of carbonyl (C=O) groups excluding carboxylic acids is 5. The smallest absolute Gasteiger partial charge is 0.333 e. The Morgan fingerprint density at radius 1 is 0.559 bits per heavy atom. The summed E-state index contributed by atoms with van der Waals surface area (Å²) in [5.74, 6) is -4.94. The molecule has 7 N–H and O–H groups in total. The Morgan fingerprint density at radius 3 is 1.43 bits per heavy atom. The van der Waals surface area contributed by atoms with E-state index >= 15 is 0 Å². The quantitative estimate of drug-likeness (QED) is 0.0596. The number of aliphatic hydroxyl groups is 1. The molecule has 8 aromatic rings. The maximum atomic E-state index is 13.5. The van der Waals surface area contributed by atoms with Crippen LogP contribution in [0.25, 0.3) is 44.3 Å². The lowest BCUT2D eigenvalue weighted by Gasteiger charge is -2.22. The van der Waals surface area contributed by atoms with Crippen molar-refractivity contribution in [2.75, 3.05) is 0 Å². The van der Waals surface area contributed by atoms with Gasteiger partial charge in [-0.25, -0.2) is 9.36 Å². The van der Waals surface area contributed by atoms with Crippen LogP contribution in [0.4, 0.5) is 17.6 Å². The average Bonchev–Trinajstić information content (AvgIpc) is 4.01. The van der Waals surface area contributed by atoms with Gasteiger partial charge in [-0.15, -0.1) is 0 Å². The normalized spacial score (nSPS) is 12.5. The standard InChI is InChI=1S/C24H21F2N5O3.C24H19F2N5O3/c2*25-24(26)31-13-17(20(30-31)19-16-9-5-4-8-15(16)10-11-28-19)23(34)29-18(21(32)22(27)33)12-14-6-2-1-3-7-14/h1-11,13,18,21,24,32H,12H2,(H2,27,33)(H,29,34);1-11,13,18,24H,12H2,(H2,27,33)(H,29,34). The van der Waals surface area contributed by atoms with Crippen LogP contribution in [0.3, 0.4) is 0 Å². The molecule has 0 aliphatic heterocycles. The van der Waals surface area contributed by atoms with Gasteiger partial charge in [0.15, 0.2) is 6.10 Å². The monoisotopic (exact) mass is 928 g/mol. The number of primary amides is 2. The number of nitrogens with zero attached hydrogens (tertiary/aromatic N) is 6. The number of nitrogens with two attached hydrogens (primary N) is 2. The molecule has 3 atom stereocenters. The number of aromatic nitrogens is 6. The molecule has 0 bridgehead atoms. The molecule has 4 aromatic carbocycles. The van der Waals surface area contributed by atoms with Gasteiger partial charge in [0.1, 0.15) is 17.4 Å². The van der Waals surface area contributed by atoms with Crippen LogP contribution >= 0.6 is 0 Å². The number of halogens is 4. The van der Waals surface area contributed by atoms with Gasteiger partial charge >= 0.3 is 13.1 Å². The molecular weight excluding hydrogens is 889 g/mol. The first-order valence-corrected chi connectivity index (χ1v) is 20.6. The summed E-state index contributed by atoms with van der Waals surface area (Å²) in [4.78, 5) is 70.6. The summed E-state index contributed by atoms with van der Waals surface area (Å²) in [7, 11) is 0. The fraction of sp³-hybridized carbons (Fsp3) is 0.146. The molecule has 16 nitrogen and oxygen atoms in total. The van der Waals surface area contributed by atoms with Gasteiger partial charge < -0.3 is 27.2 Å². The molecule has 0 fully saturated rings. The minimum Gasteiger partial charge on any atom is -0.381 e. The highest BCUT2D eigenvalue weighted by Crippen LogP contribution is 2.31. The van der Waals surface area contributed by atoms with E-state index in [2.05, 4.69) is 30.8 Å². The van der Waals surface area contributed by atoms with Crippen molar-refractivity contribution >= 4 is 51.0 Å². The molecule has 0 radical (unpaired) electrons. The highest BCUT2D eigenvalue weighted by atomic mass is 19.3. The molecule has 4 amide bonds. The first-order chi connectivity index (χ1) is 32.7. The number of hydrogen-bond acceptors (Lipinski definition) is 10. The minimum absolute atomic E-state index is 0.0147. The van der Waals surface area contributed by atoms with E-state index in [0.717, 1.165) is 28.7 Å². The topological polar surface area (TPSA) is 243 Å². The fourth-order valence-electron chi connectivity index (χ4n) is 7.30. The predicted molar refractivity (Wildman–Crippen MR) is 241 cm³/mol. The molecule has 3 unspecified atom stereocenters. The number of carbonyl (C=O) groups is 5. The van der Waals surface area contributed by atoms with E-state index in [1.165, 1.54) is 12.4 Å². The zero-order valence-electron chi connectivity index (χ0n) is 35.5. The van der Waals surface area contributed by atoms with Gasteiger partial charge in [-0.2, -0.15) is 27.8 Å². The summed E-state index contributed by atoms with van der Waals surface area (Å²) in [6.45, 7) is -6.01. The van der Waals surface area contributed by atoms with Gasteiger partial charge in [-0.1, -0.05) is 109 Å². The van der Waals surface area contributed by atoms with E-state index < -0.39 is 60.7 Å². The number of hydrogen-bond donors (Lipinski definition) is 5. The van der Waals surface area contributed by atoms with Crippen LogP contribution in [0, 0.1) is 0 Å². The Labute approximate surface area is 383 Å². The van der Waals surface area contributed by atoms with E-state index in [0.29, 0.717) is 25.7 Å². The molecule has 68 heavy (non-hydrogen) atoms. The zero-order chi connectivity index (χ0) is 48.5. The molecule has 0 spiro atoms. The molecule has 4 aromatic heterocycles. The van der Waals surface area contributed by atoms with E-state index in [1.807, 2.05) is 18.2 Å². The minimum atomic E-state index is -3.01. The SMILES string of the molecule is NC(=O)C(=O)C(Cc1ccccc1)NC(=O)c1cn(C(F)F)nc1-c1nccc2ccccc12.NC(=O)C(O)C(Cc1ccccc1)NC(=O)c1cn(C(F)F)nc1-c1nccc2ccccc12. The van der Waals surface area contributed by atoms with Crippen molar-refractivity contribution in [3.05, 3.63) is 168 Å². The number of fused-ring (bicyclic) bond motifs is 2. The van der Waals surface area contributed by atoms with E-state index in [-0.39, 0.29) is 46.7 Å². The second-order valence-corrected chi connectivity index (χ2v) is 15.1. The molecule has 0 aliphatic rings. The Kier molecular flexibility index (Phi) is 14.7. The van der Waals surface area contributed by atoms with Gasteiger partial charge in [-0.3, -0.25) is 33.9 Å². The Balaban J connectivity index is 0.000000201. The van der Waals surface area contributed by atoms with E-state index in [9.17, 15) is 46.6 Å². The van der Waals surface area contributed by atoms with Gasteiger partial charge in [0.25, 0.3) is 17.7 Å². The van der Waals surface area contributed by atoms with E-state index in [1.54, 1.807) is 103 Å². The van der Waals surface area contributed by atoms with Gasteiger partial charge in [0.2, 0.25) is 11.7 Å². The number of ketones is 1. The van der Waals surface area contributed by atoms with Gasteiger partial charge in [0, 0.05) is 42.0 Å². The summed E-state index contributed by atoms with van der Waals surface area (Å²) in [5.41, 5.74) is 11.8. The number of aliphatic hydroxyl groups excluding tert-OH is 1. The van der Waals surface area contributed by atoms with Crippen molar-refractivity contribution in [3.63, 3.8) is 0 Å². The van der Waals surface area contributed by atoms with Crippen molar-refractivity contribution in [1.29, 1.82) is 0 Å². The second-order valence-electron chi connectivity index (χ2n) is 15.1. The summed E-state index contributed by atoms with van der Waals surface area (Å²) in [5, 5.41) is 25.9. The third-order valence-corrected chi connectivity index (χ3v) is 10.6. The number of Topliss-reactive ketones (excluding diaryl/α,β-unsaturated/α-hetero) is 1. The number of benzene rings is 4. The number of pyridine rings is 2. The van der Waals surface area contributed by atoms with Crippen LogP contribution in [0.1, 0.15) is 44.9 Å². The second kappa shape index (κ2) is 21.1. The lowest BCUT2D eigenvalue weighted by atomic mass is 10.00. The fourth-order valence-corrected chi connectivity index (χ4v) is 7.30. The predicted octanol–water partition coefficient (Wildman–Crippen LogP) is 5.57. The lowest BCUT2D eigenvalue weighted by molar-refractivity contribution is -0.137. The third kappa shape index (κ3) is 10.9. The Bertz CT molecular complexity index is 3100. The Hall–Kier alpha value is -8.65. The number of amides is 4. The summed E-state index contributed by atoms with van der Waals surface area (Å²) in [6, 6.07) is 32.9.